The van der Waals surface area contributed by atoms with Crippen molar-refractivity contribution in [3.8, 4) is 0 Å². The van der Waals surface area contributed by atoms with Crippen LogP contribution < -0.4 is 16.4 Å². The standard InChI is InChI=1S/C15H24N4O2/c1-11-3-2-4-13(19-11)17-7-8-18-15(20)14(16)12-5-9-21-10-6-12/h2-4,12,14H,5-10,16H2,1H3,(H,17,19)(H,18,20). The van der Waals surface area contributed by atoms with Crippen LogP contribution >= 0.6 is 0 Å². The van der Waals surface area contributed by atoms with Gasteiger partial charge in [-0.3, -0.25) is 4.79 Å². The Kier molecular flexibility index (Phi) is 5.95. The third-order valence-corrected chi connectivity index (χ3v) is 3.70. The van der Waals surface area contributed by atoms with E-state index in [2.05, 4.69) is 15.6 Å². The van der Waals surface area contributed by atoms with Gasteiger partial charge in [0.05, 0.1) is 6.04 Å². The number of carbonyl (C=O) groups excluding carboxylic acids is 1. The molecular weight excluding hydrogens is 268 g/mol. The lowest BCUT2D eigenvalue weighted by Crippen LogP contribution is -2.48. The van der Waals surface area contributed by atoms with Crippen LogP contribution in [0.1, 0.15) is 18.5 Å². The zero-order chi connectivity index (χ0) is 15.1. The number of carbonyl (C=O) groups is 1. The first-order chi connectivity index (χ1) is 10.2. The maximum absolute atomic E-state index is 12.0. The highest BCUT2D eigenvalue weighted by molar-refractivity contribution is 5.81. The number of pyridine rings is 1. The van der Waals surface area contributed by atoms with E-state index in [0.717, 1.165) is 24.4 Å². The first kappa shape index (κ1) is 15.7. The molecule has 21 heavy (non-hydrogen) atoms. The van der Waals surface area contributed by atoms with Crippen LogP contribution in [0, 0.1) is 12.8 Å². The molecule has 6 heteroatoms. The highest BCUT2D eigenvalue weighted by Gasteiger charge is 2.26. The first-order valence-corrected chi connectivity index (χ1v) is 7.45. The van der Waals surface area contributed by atoms with E-state index >= 15 is 0 Å². The van der Waals surface area contributed by atoms with E-state index in [9.17, 15) is 4.79 Å². The smallest absolute Gasteiger partial charge is 0.237 e. The molecule has 116 valence electrons. The molecule has 0 aromatic carbocycles. The largest absolute Gasteiger partial charge is 0.381 e. The lowest BCUT2D eigenvalue weighted by molar-refractivity contribution is -0.124. The molecule has 0 saturated carbocycles. The molecule has 1 amide bonds. The van der Waals surface area contributed by atoms with Gasteiger partial charge in [0.15, 0.2) is 0 Å². The van der Waals surface area contributed by atoms with Crippen molar-refractivity contribution in [3.05, 3.63) is 23.9 Å². The van der Waals surface area contributed by atoms with Gasteiger partial charge in [-0.1, -0.05) is 6.07 Å². The molecule has 0 radical (unpaired) electrons. The highest BCUT2D eigenvalue weighted by Crippen LogP contribution is 2.17. The van der Waals surface area contributed by atoms with E-state index in [-0.39, 0.29) is 11.8 Å². The van der Waals surface area contributed by atoms with Crippen LogP contribution in [0.25, 0.3) is 0 Å². The Morgan fingerprint density at radius 2 is 2.19 bits per heavy atom. The van der Waals surface area contributed by atoms with E-state index in [1.165, 1.54) is 0 Å². The molecule has 0 spiro atoms. The van der Waals surface area contributed by atoms with Crippen molar-refractivity contribution in [1.29, 1.82) is 0 Å². The summed E-state index contributed by atoms with van der Waals surface area (Å²) >= 11 is 0. The van der Waals surface area contributed by atoms with E-state index in [0.29, 0.717) is 26.3 Å². The van der Waals surface area contributed by atoms with Gasteiger partial charge in [0, 0.05) is 32.0 Å². The highest BCUT2D eigenvalue weighted by atomic mass is 16.5. The van der Waals surface area contributed by atoms with Crippen molar-refractivity contribution in [2.24, 2.45) is 11.7 Å². The normalized spacial score (nSPS) is 17.2. The number of amides is 1. The van der Waals surface area contributed by atoms with Crippen LogP contribution in [0.3, 0.4) is 0 Å². The minimum Gasteiger partial charge on any atom is -0.381 e. The van der Waals surface area contributed by atoms with Crippen molar-refractivity contribution < 1.29 is 9.53 Å². The van der Waals surface area contributed by atoms with Crippen molar-refractivity contribution in [1.82, 2.24) is 10.3 Å². The fourth-order valence-electron chi connectivity index (χ4n) is 2.42. The van der Waals surface area contributed by atoms with Crippen LogP contribution in [0.5, 0.6) is 0 Å². The number of nitrogens with zero attached hydrogens (tertiary/aromatic N) is 1. The molecule has 1 aromatic rings. The molecule has 4 N–H and O–H groups in total. The van der Waals surface area contributed by atoms with Gasteiger partial charge in [0.2, 0.25) is 5.91 Å². The summed E-state index contributed by atoms with van der Waals surface area (Å²) in [5.41, 5.74) is 6.97. The average Bonchev–Trinajstić information content (AvgIpc) is 2.51. The molecule has 1 aliphatic heterocycles. The molecular formula is C15H24N4O2. The van der Waals surface area contributed by atoms with Gasteiger partial charge in [0.1, 0.15) is 5.82 Å². The summed E-state index contributed by atoms with van der Waals surface area (Å²) in [6, 6.07) is 5.36. The van der Waals surface area contributed by atoms with Gasteiger partial charge in [-0.25, -0.2) is 4.98 Å². The topological polar surface area (TPSA) is 89.3 Å². The van der Waals surface area contributed by atoms with Gasteiger partial charge in [-0.2, -0.15) is 0 Å². The predicted octanol–water partition coefficient (Wildman–Crippen LogP) is 0.672. The minimum absolute atomic E-state index is 0.0825. The fourth-order valence-corrected chi connectivity index (χ4v) is 2.42. The van der Waals surface area contributed by atoms with E-state index < -0.39 is 6.04 Å². The van der Waals surface area contributed by atoms with E-state index in [4.69, 9.17) is 10.5 Å². The van der Waals surface area contributed by atoms with Crippen LogP contribution in [-0.2, 0) is 9.53 Å². The first-order valence-electron chi connectivity index (χ1n) is 7.45. The molecule has 1 fully saturated rings. The number of hydrogen-bond donors (Lipinski definition) is 3. The van der Waals surface area contributed by atoms with Crippen molar-refractivity contribution in [2.75, 3.05) is 31.6 Å². The second-order valence-electron chi connectivity index (χ2n) is 5.36. The molecule has 0 bridgehead atoms. The Labute approximate surface area is 125 Å². The van der Waals surface area contributed by atoms with Crippen LogP contribution in [0.4, 0.5) is 5.82 Å². The average molecular weight is 292 g/mol. The Morgan fingerprint density at radius 3 is 2.90 bits per heavy atom. The lowest BCUT2D eigenvalue weighted by Gasteiger charge is -2.26. The zero-order valence-corrected chi connectivity index (χ0v) is 12.5. The summed E-state index contributed by atoms with van der Waals surface area (Å²) in [5.74, 6) is 0.962. The Morgan fingerprint density at radius 1 is 1.43 bits per heavy atom. The molecule has 1 aliphatic rings. The number of hydrogen-bond acceptors (Lipinski definition) is 5. The third kappa shape index (κ3) is 4.99. The van der Waals surface area contributed by atoms with Crippen LogP contribution in [-0.4, -0.2) is 43.2 Å². The monoisotopic (exact) mass is 292 g/mol. The van der Waals surface area contributed by atoms with Crippen LogP contribution in [0.2, 0.25) is 0 Å². The quantitative estimate of drug-likeness (QED) is 0.671. The molecule has 1 aromatic heterocycles. The number of anilines is 1. The number of ether oxygens (including phenoxy) is 1. The summed E-state index contributed by atoms with van der Waals surface area (Å²) in [7, 11) is 0. The van der Waals surface area contributed by atoms with E-state index in [1.807, 2.05) is 25.1 Å². The molecule has 2 heterocycles. The zero-order valence-electron chi connectivity index (χ0n) is 12.5. The van der Waals surface area contributed by atoms with E-state index in [1.54, 1.807) is 0 Å². The Hall–Kier alpha value is -1.66. The molecule has 1 atom stereocenters. The molecule has 1 unspecified atom stereocenters. The number of aromatic nitrogens is 1. The van der Waals surface area contributed by atoms with Crippen molar-refractivity contribution >= 4 is 11.7 Å². The van der Waals surface area contributed by atoms with Crippen molar-refractivity contribution in [3.63, 3.8) is 0 Å². The molecule has 0 aliphatic carbocycles. The lowest BCUT2D eigenvalue weighted by atomic mass is 9.92. The summed E-state index contributed by atoms with van der Waals surface area (Å²) in [6.07, 6.45) is 1.72. The number of rotatable bonds is 6. The van der Waals surface area contributed by atoms with Gasteiger partial charge >= 0.3 is 0 Å². The van der Waals surface area contributed by atoms with Gasteiger partial charge < -0.3 is 21.1 Å². The molecule has 2 rings (SSSR count). The maximum Gasteiger partial charge on any atom is 0.237 e. The third-order valence-electron chi connectivity index (χ3n) is 3.70. The summed E-state index contributed by atoms with van der Waals surface area (Å²) in [4.78, 5) is 16.3. The number of aryl methyl sites for hydroxylation is 1. The number of nitrogens with two attached hydrogens (primary N) is 1. The second-order valence-corrected chi connectivity index (χ2v) is 5.36. The second kappa shape index (κ2) is 7.95. The molecule has 1 saturated heterocycles. The summed E-state index contributed by atoms with van der Waals surface area (Å²) in [6.45, 7) is 4.51. The van der Waals surface area contributed by atoms with Crippen LogP contribution in [0.15, 0.2) is 18.2 Å². The minimum atomic E-state index is -0.439. The Balaban J connectivity index is 1.66. The SMILES string of the molecule is Cc1cccc(NCCNC(=O)C(N)C2CCOCC2)n1. The Bertz CT molecular complexity index is 461. The van der Waals surface area contributed by atoms with Gasteiger partial charge in [-0.05, 0) is 37.8 Å². The summed E-state index contributed by atoms with van der Waals surface area (Å²) in [5, 5.41) is 6.04. The molecule has 6 nitrogen and oxygen atoms in total. The summed E-state index contributed by atoms with van der Waals surface area (Å²) < 4.78 is 5.28. The maximum atomic E-state index is 12.0. The van der Waals surface area contributed by atoms with Gasteiger partial charge in [-0.15, -0.1) is 0 Å². The number of nitrogens with one attached hydrogen (secondary N) is 2. The predicted molar refractivity (Wildman–Crippen MR) is 82.0 cm³/mol. The van der Waals surface area contributed by atoms with Gasteiger partial charge in [0.25, 0.3) is 0 Å². The van der Waals surface area contributed by atoms with Crippen molar-refractivity contribution in [2.45, 2.75) is 25.8 Å². The fraction of sp³-hybridized carbons (Fsp3) is 0.600.